The maximum absolute atomic E-state index is 13.7. The quantitative estimate of drug-likeness (QED) is 0.166. The number of H-pyrrole nitrogens is 2. The maximum Gasteiger partial charge on any atom is 0.326 e. The van der Waals surface area contributed by atoms with Gasteiger partial charge in [0.1, 0.15) is 18.1 Å². The number of nitrogens with one attached hydrogen (secondary N) is 4. The van der Waals surface area contributed by atoms with Crippen LogP contribution in [-0.4, -0.2) is 85.1 Å². The van der Waals surface area contributed by atoms with Crippen LogP contribution in [0.4, 0.5) is 0 Å². The molecule has 1 saturated heterocycles. The summed E-state index contributed by atoms with van der Waals surface area (Å²) >= 11 is 4.05. The molecule has 202 valence electrons. The molecule has 1 fully saturated rings. The number of amides is 3. The first-order chi connectivity index (χ1) is 18.3. The molecule has 0 spiro atoms. The SMILES string of the molecule is NC(CS)C(=O)NC(Cc1cnc[nH]1)C(=O)NC(Cc1c[nH]c2ccccc12)C(=O)N1CCCC1C(=O)O. The zero-order valence-electron chi connectivity index (χ0n) is 20.6. The van der Waals surface area contributed by atoms with Crippen LogP contribution in [0.5, 0.6) is 0 Å². The third kappa shape index (κ3) is 6.17. The Morgan fingerprint density at radius 2 is 1.89 bits per heavy atom. The highest BCUT2D eigenvalue weighted by Crippen LogP contribution is 2.23. The fraction of sp³-hybridized carbons (Fsp3) is 0.400. The summed E-state index contributed by atoms with van der Waals surface area (Å²) in [7, 11) is 0. The van der Waals surface area contributed by atoms with Crippen molar-refractivity contribution in [3.05, 3.63) is 54.2 Å². The summed E-state index contributed by atoms with van der Waals surface area (Å²) in [6.07, 6.45) is 5.84. The minimum absolute atomic E-state index is 0.0757. The van der Waals surface area contributed by atoms with Crippen molar-refractivity contribution in [1.29, 1.82) is 0 Å². The van der Waals surface area contributed by atoms with E-state index < -0.39 is 47.9 Å². The van der Waals surface area contributed by atoms with E-state index in [4.69, 9.17) is 5.73 Å². The molecule has 4 atom stereocenters. The van der Waals surface area contributed by atoms with E-state index in [2.05, 4.69) is 38.2 Å². The minimum Gasteiger partial charge on any atom is -0.480 e. The van der Waals surface area contributed by atoms with Gasteiger partial charge in [-0.25, -0.2) is 9.78 Å². The molecule has 2 aromatic heterocycles. The van der Waals surface area contributed by atoms with Crippen molar-refractivity contribution < 1.29 is 24.3 Å². The molecule has 38 heavy (non-hydrogen) atoms. The van der Waals surface area contributed by atoms with E-state index in [1.54, 1.807) is 6.20 Å². The summed E-state index contributed by atoms with van der Waals surface area (Å²) in [5.41, 5.74) is 8.05. The first kappa shape index (κ1) is 27.2. The zero-order valence-corrected chi connectivity index (χ0v) is 21.5. The molecule has 4 rings (SSSR count). The summed E-state index contributed by atoms with van der Waals surface area (Å²) in [5.74, 6) is -2.67. The van der Waals surface area contributed by atoms with Crippen molar-refractivity contribution in [2.24, 2.45) is 5.73 Å². The molecule has 1 aliphatic rings. The molecule has 12 nitrogen and oxygen atoms in total. The molecule has 0 aliphatic carbocycles. The fourth-order valence-electron chi connectivity index (χ4n) is 4.67. The number of para-hydroxylation sites is 1. The predicted octanol–water partition coefficient (Wildman–Crippen LogP) is -0.0215. The maximum atomic E-state index is 13.7. The molecule has 0 radical (unpaired) electrons. The number of thiol groups is 1. The fourth-order valence-corrected chi connectivity index (χ4v) is 4.83. The van der Waals surface area contributed by atoms with Gasteiger partial charge in [-0.15, -0.1) is 0 Å². The Balaban J connectivity index is 1.61. The van der Waals surface area contributed by atoms with E-state index in [0.29, 0.717) is 18.5 Å². The number of carboxylic acid groups (broad SMARTS) is 1. The number of carbonyl (C=O) groups excluding carboxylic acids is 3. The van der Waals surface area contributed by atoms with Crippen LogP contribution in [0.15, 0.2) is 43.0 Å². The Labute approximate surface area is 224 Å². The van der Waals surface area contributed by atoms with Gasteiger partial charge in [-0.3, -0.25) is 14.4 Å². The van der Waals surface area contributed by atoms with E-state index >= 15 is 0 Å². The van der Waals surface area contributed by atoms with Crippen LogP contribution in [0.1, 0.15) is 24.1 Å². The Morgan fingerprint density at radius 1 is 1.13 bits per heavy atom. The van der Waals surface area contributed by atoms with E-state index in [0.717, 1.165) is 16.5 Å². The Morgan fingerprint density at radius 3 is 2.61 bits per heavy atom. The van der Waals surface area contributed by atoms with Crippen LogP contribution in [0.25, 0.3) is 10.9 Å². The van der Waals surface area contributed by atoms with Crippen LogP contribution in [0, 0.1) is 0 Å². The number of aromatic amines is 2. The van der Waals surface area contributed by atoms with Crippen molar-refractivity contribution >= 4 is 47.2 Å². The topological polar surface area (TPSA) is 186 Å². The van der Waals surface area contributed by atoms with Crippen molar-refractivity contribution in [3.8, 4) is 0 Å². The van der Waals surface area contributed by atoms with Gasteiger partial charge in [-0.1, -0.05) is 18.2 Å². The van der Waals surface area contributed by atoms with E-state index in [-0.39, 0.29) is 25.1 Å². The first-order valence-electron chi connectivity index (χ1n) is 12.3. The second-order valence-electron chi connectivity index (χ2n) is 9.28. The Bertz CT molecular complexity index is 1290. The molecule has 1 aliphatic heterocycles. The number of carboxylic acids is 1. The minimum atomic E-state index is -1.09. The summed E-state index contributed by atoms with van der Waals surface area (Å²) in [5, 5.41) is 15.9. The van der Waals surface area contributed by atoms with Crippen molar-refractivity contribution in [2.45, 2.75) is 49.9 Å². The van der Waals surface area contributed by atoms with Gasteiger partial charge in [0.2, 0.25) is 17.7 Å². The zero-order chi connectivity index (χ0) is 27.2. The number of rotatable bonds is 11. The lowest BCUT2D eigenvalue weighted by Crippen LogP contribution is -2.58. The third-order valence-corrected chi connectivity index (χ3v) is 7.07. The van der Waals surface area contributed by atoms with Crippen molar-refractivity contribution in [2.75, 3.05) is 12.3 Å². The molecule has 1 aromatic carbocycles. The number of carbonyl (C=O) groups is 4. The monoisotopic (exact) mass is 541 g/mol. The lowest BCUT2D eigenvalue weighted by Gasteiger charge is -2.29. The molecule has 3 heterocycles. The van der Waals surface area contributed by atoms with Crippen LogP contribution in [0.3, 0.4) is 0 Å². The summed E-state index contributed by atoms with van der Waals surface area (Å²) in [6.45, 7) is 0.279. The van der Waals surface area contributed by atoms with E-state index in [9.17, 15) is 24.3 Å². The number of hydrogen-bond acceptors (Lipinski definition) is 7. The number of aromatic nitrogens is 3. The predicted molar refractivity (Wildman–Crippen MR) is 142 cm³/mol. The van der Waals surface area contributed by atoms with Gasteiger partial charge in [0.05, 0.1) is 12.4 Å². The van der Waals surface area contributed by atoms with Crippen molar-refractivity contribution in [3.63, 3.8) is 0 Å². The molecule has 0 saturated carbocycles. The third-order valence-electron chi connectivity index (χ3n) is 6.68. The van der Waals surface area contributed by atoms with Gasteiger partial charge >= 0.3 is 5.97 Å². The highest BCUT2D eigenvalue weighted by Gasteiger charge is 2.38. The molecule has 7 N–H and O–H groups in total. The standard InChI is InChI=1S/C25H31N7O5S/c26-17(12-38)22(33)30-19(9-15-11-27-13-29-15)23(34)31-20(24(35)32-7-3-6-21(32)25(36)37)8-14-10-28-18-5-2-1-4-16(14)18/h1-2,4-5,10-11,13,17,19-21,28,38H,3,6-9,12,26H2,(H,27,29)(H,30,33)(H,31,34)(H,36,37). The highest BCUT2D eigenvalue weighted by molar-refractivity contribution is 7.80. The molecular formula is C25H31N7O5S. The lowest BCUT2D eigenvalue weighted by molar-refractivity contribution is -0.149. The molecule has 13 heteroatoms. The van der Waals surface area contributed by atoms with Gasteiger partial charge in [0, 0.05) is 54.1 Å². The van der Waals surface area contributed by atoms with E-state index in [1.807, 2.05) is 24.3 Å². The van der Waals surface area contributed by atoms with Crippen LogP contribution in [-0.2, 0) is 32.0 Å². The lowest BCUT2D eigenvalue weighted by atomic mass is 10.0. The van der Waals surface area contributed by atoms with Gasteiger partial charge in [-0.05, 0) is 24.5 Å². The van der Waals surface area contributed by atoms with Gasteiger partial charge in [0.25, 0.3) is 0 Å². The number of benzene rings is 1. The second kappa shape index (κ2) is 12.1. The van der Waals surface area contributed by atoms with Gasteiger partial charge in [0.15, 0.2) is 0 Å². The smallest absolute Gasteiger partial charge is 0.326 e. The Hall–Kier alpha value is -3.84. The molecule has 3 aromatic rings. The van der Waals surface area contributed by atoms with Crippen LogP contribution >= 0.6 is 12.6 Å². The number of likely N-dealkylation sites (tertiary alicyclic amines) is 1. The number of imidazole rings is 1. The number of aliphatic carboxylic acids is 1. The normalized spacial score (nSPS) is 17.6. The van der Waals surface area contributed by atoms with Gasteiger partial charge < -0.3 is 36.3 Å². The highest BCUT2D eigenvalue weighted by atomic mass is 32.1. The molecular weight excluding hydrogens is 510 g/mol. The largest absolute Gasteiger partial charge is 0.480 e. The average molecular weight is 542 g/mol. The summed E-state index contributed by atoms with van der Waals surface area (Å²) in [4.78, 5) is 62.9. The number of nitrogens with two attached hydrogens (primary N) is 1. The molecule has 3 amide bonds. The molecule has 4 unspecified atom stereocenters. The second-order valence-corrected chi connectivity index (χ2v) is 9.65. The summed E-state index contributed by atoms with van der Waals surface area (Å²) < 4.78 is 0. The molecule has 0 bridgehead atoms. The average Bonchev–Trinajstić information content (AvgIpc) is 3.68. The first-order valence-corrected chi connectivity index (χ1v) is 12.9. The number of hydrogen-bond donors (Lipinski definition) is 7. The Kier molecular flexibility index (Phi) is 8.69. The van der Waals surface area contributed by atoms with E-state index in [1.165, 1.54) is 17.4 Å². The van der Waals surface area contributed by atoms with Crippen LogP contribution in [0.2, 0.25) is 0 Å². The number of nitrogens with zero attached hydrogens (tertiary/aromatic N) is 2. The van der Waals surface area contributed by atoms with Gasteiger partial charge in [-0.2, -0.15) is 12.6 Å². The van der Waals surface area contributed by atoms with Crippen LogP contribution < -0.4 is 16.4 Å². The summed E-state index contributed by atoms with van der Waals surface area (Å²) in [6, 6.07) is 3.53. The number of fused-ring (bicyclic) bond motifs is 1. The van der Waals surface area contributed by atoms with Crippen molar-refractivity contribution in [1.82, 2.24) is 30.5 Å².